The summed E-state index contributed by atoms with van der Waals surface area (Å²) in [6.45, 7) is 6.04. The Morgan fingerprint density at radius 1 is 1.44 bits per heavy atom. The van der Waals surface area contributed by atoms with E-state index in [1.807, 2.05) is 0 Å². The minimum atomic E-state index is 0.311. The second-order valence-electron chi connectivity index (χ2n) is 5.38. The van der Waals surface area contributed by atoms with Gasteiger partial charge in [0, 0.05) is 12.6 Å². The summed E-state index contributed by atoms with van der Waals surface area (Å²) in [5, 5.41) is 0. The quantitative estimate of drug-likeness (QED) is 0.633. The number of nitrogens with one attached hydrogen (secondary N) is 1. The number of benzene rings is 1. The molecule has 1 aromatic rings. The summed E-state index contributed by atoms with van der Waals surface area (Å²) < 4.78 is 5.56. The van der Waals surface area contributed by atoms with Crippen LogP contribution >= 0.6 is 0 Å². The van der Waals surface area contributed by atoms with Crippen molar-refractivity contribution >= 4 is 0 Å². The molecule has 2 unspecified atom stereocenters. The molecule has 3 nitrogen and oxygen atoms in total. The molecule has 1 heterocycles. The third kappa shape index (κ3) is 3.31. The summed E-state index contributed by atoms with van der Waals surface area (Å²) in [6.07, 6.45) is 3.34. The molecule has 0 aromatic heterocycles. The van der Waals surface area contributed by atoms with Crippen LogP contribution in [0.15, 0.2) is 18.2 Å². The highest BCUT2D eigenvalue weighted by Crippen LogP contribution is 2.21. The molecule has 0 aliphatic carbocycles. The van der Waals surface area contributed by atoms with Gasteiger partial charge in [-0.3, -0.25) is 11.3 Å². The average Bonchev–Trinajstić information content (AvgIpc) is 2.41. The van der Waals surface area contributed by atoms with Gasteiger partial charge < -0.3 is 4.74 Å². The molecule has 1 aliphatic rings. The molecular weight excluding hydrogens is 224 g/mol. The lowest BCUT2D eigenvalue weighted by atomic mass is 9.88. The number of hydrazine groups is 1. The number of aryl methyl sites for hydroxylation is 2. The summed E-state index contributed by atoms with van der Waals surface area (Å²) in [5.74, 6) is 6.27. The lowest BCUT2D eigenvalue weighted by Crippen LogP contribution is -2.45. The molecule has 2 rings (SSSR count). The second-order valence-corrected chi connectivity index (χ2v) is 5.38. The van der Waals surface area contributed by atoms with E-state index in [1.165, 1.54) is 23.1 Å². The van der Waals surface area contributed by atoms with Gasteiger partial charge in [0.2, 0.25) is 0 Å². The molecule has 1 aromatic carbocycles. The lowest BCUT2D eigenvalue weighted by molar-refractivity contribution is 0.0393. The van der Waals surface area contributed by atoms with Gasteiger partial charge >= 0.3 is 0 Å². The van der Waals surface area contributed by atoms with Crippen LogP contribution in [0.1, 0.15) is 29.5 Å². The maximum absolute atomic E-state index is 5.73. The average molecular weight is 248 g/mol. The molecule has 0 spiro atoms. The SMILES string of the molecule is Cc1ccc(C)c(CC(NN)C2CCCOC2)c1. The van der Waals surface area contributed by atoms with Crippen molar-refractivity contribution in [1.29, 1.82) is 0 Å². The number of ether oxygens (including phenoxy) is 1. The van der Waals surface area contributed by atoms with Gasteiger partial charge in [0.1, 0.15) is 0 Å². The van der Waals surface area contributed by atoms with Crippen molar-refractivity contribution in [3.05, 3.63) is 34.9 Å². The van der Waals surface area contributed by atoms with Gasteiger partial charge in [0.05, 0.1) is 6.61 Å². The Bertz CT molecular complexity index is 386. The summed E-state index contributed by atoms with van der Waals surface area (Å²) in [6, 6.07) is 6.93. The van der Waals surface area contributed by atoms with Gasteiger partial charge in [-0.1, -0.05) is 23.8 Å². The molecule has 18 heavy (non-hydrogen) atoms. The molecular formula is C15H24N2O. The second kappa shape index (κ2) is 6.32. The summed E-state index contributed by atoms with van der Waals surface area (Å²) in [7, 11) is 0. The van der Waals surface area contributed by atoms with E-state index in [0.29, 0.717) is 12.0 Å². The molecule has 100 valence electrons. The first-order valence-electron chi connectivity index (χ1n) is 6.80. The van der Waals surface area contributed by atoms with E-state index in [-0.39, 0.29) is 0 Å². The highest BCUT2D eigenvalue weighted by atomic mass is 16.5. The van der Waals surface area contributed by atoms with Gasteiger partial charge in [-0.2, -0.15) is 0 Å². The topological polar surface area (TPSA) is 47.3 Å². The predicted octanol–water partition coefficient (Wildman–Crippen LogP) is 2.10. The van der Waals surface area contributed by atoms with Crippen LogP contribution in [-0.4, -0.2) is 19.3 Å². The Hall–Kier alpha value is -0.900. The molecule has 2 atom stereocenters. The van der Waals surface area contributed by atoms with E-state index in [2.05, 4.69) is 37.5 Å². The standard InChI is InChI=1S/C15H24N2O/c1-11-5-6-12(2)14(8-11)9-15(17-16)13-4-3-7-18-10-13/h5-6,8,13,15,17H,3-4,7,9-10,16H2,1-2H3. The Labute approximate surface area is 110 Å². The van der Waals surface area contributed by atoms with Crippen molar-refractivity contribution in [3.63, 3.8) is 0 Å². The first-order chi connectivity index (χ1) is 8.70. The molecule has 1 fully saturated rings. The van der Waals surface area contributed by atoms with Crippen LogP contribution in [0.3, 0.4) is 0 Å². The van der Waals surface area contributed by atoms with Crippen molar-refractivity contribution in [1.82, 2.24) is 5.43 Å². The third-order valence-electron chi connectivity index (χ3n) is 3.92. The van der Waals surface area contributed by atoms with Crippen molar-refractivity contribution in [3.8, 4) is 0 Å². The van der Waals surface area contributed by atoms with Crippen LogP contribution in [0.25, 0.3) is 0 Å². The van der Waals surface area contributed by atoms with E-state index >= 15 is 0 Å². The normalized spacial score (nSPS) is 21.8. The van der Waals surface area contributed by atoms with Crippen molar-refractivity contribution in [2.75, 3.05) is 13.2 Å². The Balaban J connectivity index is 2.06. The van der Waals surface area contributed by atoms with Crippen LogP contribution in [0, 0.1) is 19.8 Å². The van der Waals surface area contributed by atoms with Crippen LogP contribution in [0.4, 0.5) is 0 Å². The van der Waals surface area contributed by atoms with Crippen molar-refractivity contribution in [2.45, 2.75) is 39.2 Å². The minimum Gasteiger partial charge on any atom is -0.381 e. The Kier molecular flexibility index (Phi) is 4.75. The zero-order valence-electron chi connectivity index (χ0n) is 11.4. The smallest absolute Gasteiger partial charge is 0.0509 e. The zero-order valence-corrected chi connectivity index (χ0v) is 11.4. The molecule has 0 amide bonds. The number of hydrogen-bond acceptors (Lipinski definition) is 3. The highest BCUT2D eigenvalue weighted by Gasteiger charge is 2.23. The van der Waals surface area contributed by atoms with Gasteiger partial charge in [-0.25, -0.2) is 0 Å². The van der Waals surface area contributed by atoms with E-state index in [4.69, 9.17) is 10.6 Å². The van der Waals surface area contributed by atoms with E-state index in [1.54, 1.807) is 0 Å². The van der Waals surface area contributed by atoms with E-state index < -0.39 is 0 Å². The lowest BCUT2D eigenvalue weighted by Gasteiger charge is -2.30. The first kappa shape index (κ1) is 13.5. The van der Waals surface area contributed by atoms with Gasteiger partial charge in [0.15, 0.2) is 0 Å². The fourth-order valence-corrected chi connectivity index (χ4v) is 2.70. The molecule has 0 bridgehead atoms. The first-order valence-corrected chi connectivity index (χ1v) is 6.80. The summed E-state index contributed by atoms with van der Waals surface area (Å²) in [5.41, 5.74) is 7.04. The molecule has 1 aliphatic heterocycles. The van der Waals surface area contributed by atoms with Crippen molar-refractivity contribution in [2.24, 2.45) is 11.8 Å². The van der Waals surface area contributed by atoms with Crippen molar-refractivity contribution < 1.29 is 4.74 Å². The summed E-state index contributed by atoms with van der Waals surface area (Å²) >= 11 is 0. The minimum absolute atomic E-state index is 0.311. The van der Waals surface area contributed by atoms with Crippen LogP contribution in [0.5, 0.6) is 0 Å². The van der Waals surface area contributed by atoms with Crippen LogP contribution < -0.4 is 11.3 Å². The fourth-order valence-electron chi connectivity index (χ4n) is 2.70. The maximum Gasteiger partial charge on any atom is 0.0509 e. The maximum atomic E-state index is 5.73. The largest absolute Gasteiger partial charge is 0.381 e. The fraction of sp³-hybridized carbons (Fsp3) is 0.600. The predicted molar refractivity (Wildman–Crippen MR) is 74.3 cm³/mol. The third-order valence-corrected chi connectivity index (χ3v) is 3.92. The number of hydrogen-bond donors (Lipinski definition) is 2. The highest BCUT2D eigenvalue weighted by molar-refractivity contribution is 5.31. The molecule has 3 N–H and O–H groups in total. The Morgan fingerprint density at radius 2 is 2.28 bits per heavy atom. The number of nitrogens with two attached hydrogens (primary N) is 1. The van der Waals surface area contributed by atoms with E-state index in [0.717, 1.165) is 26.1 Å². The van der Waals surface area contributed by atoms with Gasteiger partial charge in [0.25, 0.3) is 0 Å². The van der Waals surface area contributed by atoms with Crippen LogP contribution in [0.2, 0.25) is 0 Å². The van der Waals surface area contributed by atoms with E-state index in [9.17, 15) is 0 Å². The summed E-state index contributed by atoms with van der Waals surface area (Å²) in [4.78, 5) is 0. The van der Waals surface area contributed by atoms with Crippen LogP contribution in [-0.2, 0) is 11.2 Å². The van der Waals surface area contributed by atoms with Gasteiger partial charge in [-0.05, 0) is 50.2 Å². The zero-order chi connectivity index (χ0) is 13.0. The molecule has 3 heteroatoms. The molecule has 1 saturated heterocycles. The van der Waals surface area contributed by atoms with Gasteiger partial charge in [-0.15, -0.1) is 0 Å². The number of rotatable bonds is 4. The Morgan fingerprint density at radius 3 is 2.94 bits per heavy atom. The molecule has 0 saturated carbocycles. The monoisotopic (exact) mass is 248 g/mol. The molecule has 0 radical (unpaired) electrons.